The number of benzene rings is 1. The van der Waals surface area contributed by atoms with Gasteiger partial charge in [0.25, 0.3) is 0 Å². The quantitative estimate of drug-likeness (QED) is 0.904. The second-order valence-corrected chi connectivity index (χ2v) is 6.30. The highest BCUT2D eigenvalue weighted by atomic mass is 79.9. The van der Waals surface area contributed by atoms with Crippen LogP contribution in [0.5, 0.6) is 0 Å². The number of rotatable bonds is 3. The summed E-state index contributed by atoms with van der Waals surface area (Å²) in [5, 5.41) is 2.79. The van der Waals surface area contributed by atoms with Gasteiger partial charge in [0, 0.05) is 24.0 Å². The molecule has 0 bridgehead atoms. The average Bonchev–Trinajstić information content (AvgIpc) is 2.53. The molecule has 21 heavy (non-hydrogen) atoms. The van der Waals surface area contributed by atoms with Gasteiger partial charge in [-0.15, -0.1) is 0 Å². The van der Waals surface area contributed by atoms with Gasteiger partial charge in [-0.3, -0.25) is 9.59 Å². The first-order valence-electron chi connectivity index (χ1n) is 6.90. The first kappa shape index (κ1) is 15.9. The fraction of sp³-hybridized carbons (Fsp3) is 0.467. The predicted molar refractivity (Wildman–Crippen MR) is 81.0 cm³/mol. The van der Waals surface area contributed by atoms with Crippen molar-refractivity contribution in [1.29, 1.82) is 0 Å². The summed E-state index contributed by atoms with van der Waals surface area (Å²) in [5.41, 5.74) is -0.0577. The van der Waals surface area contributed by atoms with E-state index in [1.807, 2.05) is 6.92 Å². The third kappa shape index (κ3) is 3.43. The Hall–Kier alpha value is -1.43. The summed E-state index contributed by atoms with van der Waals surface area (Å²) in [4.78, 5) is 26.1. The first-order chi connectivity index (χ1) is 9.85. The molecule has 1 fully saturated rings. The molecule has 1 heterocycles. The van der Waals surface area contributed by atoms with Crippen LogP contribution in [0.1, 0.15) is 32.3 Å². The summed E-state index contributed by atoms with van der Waals surface area (Å²) < 4.78 is 13.8. The largest absolute Gasteiger partial charge is 0.342 e. The zero-order valence-corrected chi connectivity index (χ0v) is 13.7. The highest BCUT2D eigenvalue weighted by Gasteiger charge is 2.39. The fourth-order valence-electron chi connectivity index (χ4n) is 2.36. The molecular formula is C15H18BrFN2O2. The van der Waals surface area contributed by atoms with Crippen LogP contribution in [0.15, 0.2) is 22.7 Å². The van der Waals surface area contributed by atoms with Gasteiger partial charge in [-0.1, -0.05) is 28.9 Å². The number of hydrogen-bond acceptors (Lipinski definition) is 2. The third-order valence-corrected chi connectivity index (χ3v) is 4.60. The zero-order chi connectivity index (χ0) is 15.6. The molecule has 0 aromatic heterocycles. The van der Waals surface area contributed by atoms with Crippen LogP contribution in [0.4, 0.5) is 4.39 Å². The van der Waals surface area contributed by atoms with Crippen molar-refractivity contribution < 1.29 is 14.0 Å². The van der Waals surface area contributed by atoms with Gasteiger partial charge in [0.2, 0.25) is 11.8 Å². The van der Waals surface area contributed by atoms with Gasteiger partial charge in [0.05, 0.1) is 0 Å². The number of halogens is 2. The van der Waals surface area contributed by atoms with Gasteiger partial charge >= 0.3 is 0 Å². The molecular weight excluding hydrogens is 339 g/mol. The molecule has 4 nitrogen and oxygen atoms in total. The van der Waals surface area contributed by atoms with Gasteiger partial charge in [0.1, 0.15) is 11.4 Å². The highest BCUT2D eigenvalue weighted by molar-refractivity contribution is 9.10. The van der Waals surface area contributed by atoms with E-state index in [-0.39, 0.29) is 24.1 Å². The Bertz CT molecular complexity index is 579. The lowest BCUT2D eigenvalue weighted by atomic mass is 9.97. The Labute approximate surface area is 131 Å². The van der Waals surface area contributed by atoms with E-state index in [1.54, 1.807) is 17.9 Å². The molecule has 0 aliphatic carbocycles. The number of hydrogen-bond donors (Lipinski definition) is 1. The van der Waals surface area contributed by atoms with Crippen LogP contribution in [-0.2, 0) is 16.1 Å². The molecule has 0 spiro atoms. The molecule has 1 aromatic carbocycles. The van der Waals surface area contributed by atoms with Crippen LogP contribution in [0, 0.1) is 5.82 Å². The van der Waals surface area contributed by atoms with Crippen LogP contribution in [0.2, 0.25) is 0 Å². The molecule has 1 atom stereocenters. The summed E-state index contributed by atoms with van der Waals surface area (Å²) in [6.07, 6.45) is 0.804. The molecule has 6 heteroatoms. The number of carbonyl (C=O) groups is 2. The Kier molecular flexibility index (Phi) is 4.66. The summed E-state index contributed by atoms with van der Waals surface area (Å²) in [6, 6.07) is 4.39. The van der Waals surface area contributed by atoms with E-state index in [2.05, 4.69) is 21.2 Å². The minimum absolute atomic E-state index is 0.105. The molecule has 0 saturated carbocycles. The normalized spacial score (nSPS) is 23.0. The van der Waals surface area contributed by atoms with E-state index >= 15 is 0 Å². The SMILES string of the molecule is CCC1(C)NC(=O)CCN(Cc2ccc(F)cc2Br)C1=O. The van der Waals surface area contributed by atoms with Crippen molar-refractivity contribution >= 4 is 27.7 Å². The van der Waals surface area contributed by atoms with E-state index in [0.29, 0.717) is 24.0 Å². The maximum atomic E-state index is 13.1. The molecule has 114 valence electrons. The summed E-state index contributed by atoms with van der Waals surface area (Å²) in [7, 11) is 0. The fourth-order valence-corrected chi connectivity index (χ4v) is 2.83. The van der Waals surface area contributed by atoms with E-state index in [1.165, 1.54) is 12.1 Å². The van der Waals surface area contributed by atoms with E-state index in [9.17, 15) is 14.0 Å². The van der Waals surface area contributed by atoms with Crippen molar-refractivity contribution in [3.8, 4) is 0 Å². The van der Waals surface area contributed by atoms with Gasteiger partial charge in [-0.05, 0) is 31.0 Å². The summed E-state index contributed by atoms with van der Waals surface area (Å²) >= 11 is 3.31. The summed E-state index contributed by atoms with van der Waals surface area (Å²) in [5.74, 6) is -0.552. The van der Waals surface area contributed by atoms with Crippen LogP contribution in [0.25, 0.3) is 0 Å². The zero-order valence-electron chi connectivity index (χ0n) is 12.1. The maximum absolute atomic E-state index is 13.1. The molecule has 1 unspecified atom stereocenters. The smallest absolute Gasteiger partial charge is 0.248 e. The lowest BCUT2D eigenvalue weighted by Gasteiger charge is -2.31. The molecule has 0 radical (unpaired) electrons. The minimum atomic E-state index is -0.875. The lowest BCUT2D eigenvalue weighted by Crippen LogP contribution is -2.54. The Morgan fingerprint density at radius 3 is 2.76 bits per heavy atom. The van der Waals surface area contributed by atoms with Gasteiger partial charge < -0.3 is 10.2 Å². The third-order valence-electron chi connectivity index (χ3n) is 3.87. The maximum Gasteiger partial charge on any atom is 0.248 e. The Morgan fingerprint density at radius 2 is 2.14 bits per heavy atom. The molecule has 1 N–H and O–H groups in total. The minimum Gasteiger partial charge on any atom is -0.342 e. The van der Waals surface area contributed by atoms with Crippen LogP contribution in [0.3, 0.4) is 0 Å². The Balaban J connectivity index is 2.25. The van der Waals surface area contributed by atoms with E-state index < -0.39 is 5.54 Å². The lowest BCUT2D eigenvalue weighted by molar-refractivity contribution is -0.138. The highest BCUT2D eigenvalue weighted by Crippen LogP contribution is 2.23. The molecule has 1 saturated heterocycles. The van der Waals surface area contributed by atoms with Crippen LogP contribution >= 0.6 is 15.9 Å². The van der Waals surface area contributed by atoms with Crippen molar-refractivity contribution in [3.63, 3.8) is 0 Å². The number of carbonyl (C=O) groups excluding carboxylic acids is 2. The van der Waals surface area contributed by atoms with E-state index in [4.69, 9.17) is 0 Å². The van der Waals surface area contributed by atoms with Crippen molar-refractivity contribution in [2.75, 3.05) is 6.54 Å². The van der Waals surface area contributed by atoms with E-state index in [0.717, 1.165) is 5.56 Å². The van der Waals surface area contributed by atoms with Crippen LogP contribution in [-0.4, -0.2) is 28.8 Å². The van der Waals surface area contributed by atoms with Crippen LogP contribution < -0.4 is 5.32 Å². The molecule has 1 aliphatic rings. The number of nitrogens with zero attached hydrogens (tertiary/aromatic N) is 1. The Morgan fingerprint density at radius 1 is 1.43 bits per heavy atom. The molecule has 2 amide bonds. The molecule has 2 rings (SSSR count). The van der Waals surface area contributed by atoms with Crippen molar-refractivity contribution in [2.45, 2.75) is 38.8 Å². The van der Waals surface area contributed by atoms with Crippen molar-refractivity contribution in [1.82, 2.24) is 10.2 Å². The average molecular weight is 357 g/mol. The molecule has 1 aromatic rings. The van der Waals surface area contributed by atoms with Crippen molar-refractivity contribution in [3.05, 3.63) is 34.1 Å². The number of nitrogens with one attached hydrogen (secondary N) is 1. The monoisotopic (exact) mass is 356 g/mol. The predicted octanol–water partition coefficient (Wildman–Crippen LogP) is 2.61. The van der Waals surface area contributed by atoms with Gasteiger partial charge in [0.15, 0.2) is 0 Å². The van der Waals surface area contributed by atoms with Gasteiger partial charge in [-0.25, -0.2) is 4.39 Å². The topological polar surface area (TPSA) is 49.4 Å². The summed E-state index contributed by atoms with van der Waals surface area (Å²) in [6.45, 7) is 4.33. The number of amides is 2. The van der Waals surface area contributed by atoms with Crippen molar-refractivity contribution in [2.24, 2.45) is 0 Å². The first-order valence-corrected chi connectivity index (χ1v) is 7.69. The van der Waals surface area contributed by atoms with Gasteiger partial charge in [-0.2, -0.15) is 0 Å². The molecule has 1 aliphatic heterocycles. The standard InChI is InChI=1S/C15H18BrFN2O2/c1-3-15(2)14(21)19(7-6-13(20)18-15)9-10-4-5-11(17)8-12(10)16/h4-5,8H,3,6-7,9H2,1-2H3,(H,18,20). The second-order valence-electron chi connectivity index (χ2n) is 5.45. The second kappa shape index (κ2) is 6.13.